The van der Waals surface area contributed by atoms with E-state index in [0.29, 0.717) is 17.7 Å². The fraction of sp³-hybridized carbons (Fsp3) is 0.481. The lowest BCUT2D eigenvalue weighted by Crippen LogP contribution is -2.55. The van der Waals surface area contributed by atoms with Crippen LogP contribution in [0.4, 0.5) is 5.69 Å². The number of hydrogen-bond donors (Lipinski definition) is 6. The molecule has 0 bridgehead atoms. The molecular formula is C27H33NO6. The van der Waals surface area contributed by atoms with Gasteiger partial charge in [-0.15, -0.1) is 0 Å². The maximum Gasteiger partial charge on any atom is 0.125 e. The number of ether oxygens (including phenoxy) is 1. The molecule has 0 aromatic heterocycles. The molecule has 7 heteroatoms. The zero-order valence-electron chi connectivity index (χ0n) is 19.1. The topological polar surface area (TPSA) is 136 Å². The van der Waals surface area contributed by atoms with E-state index in [9.17, 15) is 25.5 Å². The van der Waals surface area contributed by atoms with Gasteiger partial charge in [0.05, 0.1) is 6.61 Å². The summed E-state index contributed by atoms with van der Waals surface area (Å²) in [5, 5.41) is 50.6. The fourth-order valence-corrected chi connectivity index (χ4v) is 4.71. The van der Waals surface area contributed by atoms with E-state index in [1.807, 2.05) is 30.3 Å². The Morgan fingerprint density at radius 2 is 1.65 bits per heavy atom. The van der Waals surface area contributed by atoms with E-state index in [4.69, 9.17) is 10.5 Å². The van der Waals surface area contributed by atoms with E-state index in [1.54, 1.807) is 12.1 Å². The smallest absolute Gasteiger partial charge is 0.125 e. The summed E-state index contributed by atoms with van der Waals surface area (Å²) in [5.74, 6) is 6.15. The molecule has 0 amide bonds. The highest BCUT2D eigenvalue weighted by molar-refractivity contribution is 5.51. The van der Waals surface area contributed by atoms with Gasteiger partial charge in [-0.2, -0.15) is 0 Å². The lowest BCUT2D eigenvalue weighted by Gasteiger charge is -2.40. The number of nitrogens with two attached hydrogens (primary N) is 1. The molecule has 2 aromatic rings. The van der Waals surface area contributed by atoms with Crippen molar-refractivity contribution in [3.05, 3.63) is 64.7 Å². The highest BCUT2D eigenvalue weighted by Gasteiger charge is 2.44. The molecule has 0 spiro atoms. The second kappa shape index (κ2) is 10.4. The van der Waals surface area contributed by atoms with E-state index >= 15 is 0 Å². The molecule has 5 atom stereocenters. The van der Waals surface area contributed by atoms with E-state index in [-0.39, 0.29) is 0 Å². The first-order valence-corrected chi connectivity index (χ1v) is 11.8. The van der Waals surface area contributed by atoms with Crippen molar-refractivity contribution in [2.45, 2.75) is 74.6 Å². The zero-order valence-corrected chi connectivity index (χ0v) is 19.1. The summed E-state index contributed by atoms with van der Waals surface area (Å²) >= 11 is 0. The van der Waals surface area contributed by atoms with Gasteiger partial charge in [-0.05, 0) is 67.0 Å². The molecule has 7 nitrogen and oxygen atoms in total. The molecule has 34 heavy (non-hydrogen) atoms. The third-order valence-electron chi connectivity index (χ3n) is 6.86. The zero-order chi connectivity index (χ0) is 24.3. The number of rotatable bonds is 4. The largest absolute Gasteiger partial charge is 0.398 e. The van der Waals surface area contributed by atoms with E-state index in [1.165, 1.54) is 0 Å². The molecule has 2 fully saturated rings. The first kappa shape index (κ1) is 24.7. The predicted octanol–water partition coefficient (Wildman–Crippen LogP) is 1.42. The minimum atomic E-state index is -1.43. The maximum atomic E-state index is 10.6. The van der Waals surface area contributed by atoms with Crippen molar-refractivity contribution in [3.8, 4) is 11.8 Å². The SMILES string of the molecule is Nc1ccc([C@@H]2O[C@H](CO)[C@@H](O)[C@H](O)[C@H]2O)cc1Cc1ccc(C#CC2(O)CCCCC2)cc1. The summed E-state index contributed by atoms with van der Waals surface area (Å²) in [6.07, 6.45) is -0.893. The lowest BCUT2D eigenvalue weighted by atomic mass is 9.85. The first-order chi connectivity index (χ1) is 16.3. The van der Waals surface area contributed by atoms with E-state index in [0.717, 1.165) is 48.8 Å². The molecule has 4 rings (SSSR count). The predicted molar refractivity (Wildman–Crippen MR) is 128 cm³/mol. The quantitative estimate of drug-likeness (QED) is 0.296. The Balaban J connectivity index is 1.49. The van der Waals surface area contributed by atoms with Crippen LogP contribution in [0.2, 0.25) is 0 Å². The summed E-state index contributed by atoms with van der Waals surface area (Å²) in [5.41, 5.74) is 9.18. The number of aliphatic hydroxyl groups excluding tert-OH is 4. The lowest BCUT2D eigenvalue weighted by molar-refractivity contribution is -0.231. The Morgan fingerprint density at radius 1 is 0.941 bits per heavy atom. The van der Waals surface area contributed by atoms with Crippen molar-refractivity contribution in [3.63, 3.8) is 0 Å². The molecule has 2 aromatic carbocycles. The van der Waals surface area contributed by atoms with Crippen LogP contribution in [-0.4, -0.2) is 62.2 Å². The maximum absolute atomic E-state index is 10.6. The number of nitrogen functional groups attached to an aromatic ring is 1. The molecule has 1 aliphatic heterocycles. The number of aliphatic hydroxyl groups is 5. The molecule has 1 saturated carbocycles. The minimum absolute atomic E-state index is 0.476. The van der Waals surface area contributed by atoms with Crippen molar-refractivity contribution in [1.82, 2.24) is 0 Å². The standard InChI is InChI=1S/C27H33NO6/c28-21-9-8-19(26-25(32)24(31)23(30)22(16-29)34-26)15-20(21)14-18-6-4-17(5-7-18)10-13-27(33)11-2-1-3-12-27/h4-9,15,22-26,29-33H,1-3,11-12,14,16,28H2/t22-,23-,24+,25-,26+/m1/s1. The van der Waals surface area contributed by atoms with Crippen LogP contribution >= 0.6 is 0 Å². The highest BCUT2D eigenvalue weighted by Crippen LogP contribution is 2.34. The second-order valence-corrected chi connectivity index (χ2v) is 9.42. The monoisotopic (exact) mass is 467 g/mol. The summed E-state index contributed by atoms with van der Waals surface area (Å²) < 4.78 is 5.68. The van der Waals surface area contributed by atoms with Crippen LogP contribution in [0.25, 0.3) is 0 Å². The van der Waals surface area contributed by atoms with Gasteiger partial charge in [0.15, 0.2) is 0 Å². The third kappa shape index (κ3) is 5.44. The van der Waals surface area contributed by atoms with Crippen LogP contribution in [0.15, 0.2) is 42.5 Å². The Labute approximate surface area is 199 Å². The number of hydrogen-bond acceptors (Lipinski definition) is 7. The minimum Gasteiger partial charge on any atom is -0.398 e. The summed E-state index contributed by atoms with van der Waals surface area (Å²) in [6.45, 7) is -0.476. The highest BCUT2D eigenvalue weighted by atomic mass is 16.5. The Morgan fingerprint density at radius 3 is 2.32 bits per heavy atom. The summed E-state index contributed by atoms with van der Waals surface area (Å²) in [7, 11) is 0. The van der Waals surface area contributed by atoms with Gasteiger partial charge >= 0.3 is 0 Å². The van der Waals surface area contributed by atoms with E-state index in [2.05, 4.69) is 11.8 Å². The average molecular weight is 468 g/mol. The van der Waals surface area contributed by atoms with Crippen molar-refractivity contribution in [1.29, 1.82) is 0 Å². The van der Waals surface area contributed by atoms with Crippen LogP contribution < -0.4 is 5.73 Å². The van der Waals surface area contributed by atoms with Crippen LogP contribution in [0.1, 0.15) is 60.5 Å². The Bertz CT molecular complexity index is 1040. The molecule has 1 saturated heterocycles. The van der Waals surface area contributed by atoms with Gasteiger partial charge in [0.1, 0.15) is 36.1 Å². The number of anilines is 1. The van der Waals surface area contributed by atoms with Crippen molar-refractivity contribution in [2.24, 2.45) is 0 Å². The van der Waals surface area contributed by atoms with Crippen molar-refractivity contribution in [2.75, 3.05) is 12.3 Å². The third-order valence-corrected chi connectivity index (χ3v) is 6.86. The molecule has 182 valence electrons. The van der Waals surface area contributed by atoms with Crippen LogP contribution in [-0.2, 0) is 11.2 Å². The Hall–Kier alpha value is -2.44. The van der Waals surface area contributed by atoms with E-state index < -0.39 is 42.7 Å². The molecule has 1 heterocycles. The first-order valence-electron chi connectivity index (χ1n) is 11.8. The second-order valence-electron chi connectivity index (χ2n) is 9.42. The number of benzene rings is 2. The van der Waals surface area contributed by atoms with Gasteiger partial charge in [0, 0.05) is 11.3 Å². The van der Waals surface area contributed by atoms with Crippen LogP contribution in [0.5, 0.6) is 0 Å². The van der Waals surface area contributed by atoms with Gasteiger partial charge in [0.2, 0.25) is 0 Å². The molecule has 7 N–H and O–H groups in total. The van der Waals surface area contributed by atoms with Gasteiger partial charge in [-0.1, -0.05) is 42.5 Å². The Kier molecular flexibility index (Phi) is 7.58. The molecule has 1 aliphatic carbocycles. The van der Waals surface area contributed by atoms with Crippen LogP contribution in [0, 0.1) is 11.8 Å². The molecule has 0 unspecified atom stereocenters. The summed E-state index contributed by atoms with van der Waals surface area (Å²) in [6, 6.07) is 13.0. The van der Waals surface area contributed by atoms with Gasteiger partial charge in [-0.25, -0.2) is 0 Å². The molecule has 2 aliphatic rings. The fourth-order valence-electron chi connectivity index (χ4n) is 4.71. The van der Waals surface area contributed by atoms with Gasteiger partial charge in [-0.3, -0.25) is 0 Å². The normalized spacial score (nSPS) is 28.7. The van der Waals surface area contributed by atoms with Crippen LogP contribution in [0.3, 0.4) is 0 Å². The van der Waals surface area contributed by atoms with Crippen molar-refractivity contribution < 1.29 is 30.3 Å². The molecular weight excluding hydrogens is 434 g/mol. The van der Waals surface area contributed by atoms with Crippen molar-refractivity contribution >= 4 is 5.69 Å². The van der Waals surface area contributed by atoms with Gasteiger partial charge in [0.25, 0.3) is 0 Å². The average Bonchev–Trinajstić information content (AvgIpc) is 2.84. The van der Waals surface area contributed by atoms with Gasteiger partial charge < -0.3 is 36.0 Å². The molecule has 0 radical (unpaired) electrons. The summed E-state index contributed by atoms with van der Waals surface area (Å²) in [4.78, 5) is 0.